The molecule has 9 heavy (non-hydrogen) atoms. The van der Waals surface area contributed by atoms with Crippen molar-refractivity contribution in [2.75, 3.05) is 12.5 Å². The molecule has 0 aliphatic rings. The molecule has 0 aromatic carbocycles. The zero-order valence-electron chi connectivity index (χ0n) is 4.75. The molecule has 0 saturated heterocycles. The van der Waals surface area contributed by atoms with Crippen molar-refractivity contribution >= 4 is 19.9 Å². The molecule has 0 amide bonds. The fourth-order valence-corrected chi connectivity index (χ4v) is 0.808. The molecule has 1 atom stereocenters. The van der Waals surface area contributed by atoms with E-state index in [9.17, 15) is 4.57 Å². The van der Waals surface area contributed by atoms with Crippen LogP contribution in [-0.2, 0) is 13.6 Å². The molecule has 3 nitrogen and oxygen atoms in total. The first-order valence-corrected chi connectivity index (χ1v) is 3.88. The van der Waals surface area contributed by atoms with Crippen LogP contribution in [0.15, 0.2) is 12.8 Å². The fraction of sp³-hybridized carbons (Fsp3) is 0.500. The van der Waals surface area contributed by atoms with E-state index in [0.29, 0.717) is 5.88 Å². The topological polar surface area (TPSA) is 35.5 Å². The highest BCUT2D eigenvalue weighted by molar-refractivity contribution is 7.33. The Balaban J connectivity index is 3.16. The molecule has 1 unspecified atom stereocenters. The maximum absolute atomic E-state index is 10.4. The largest absolute Gasteiger partial charge is 0.749 e. The molecule has 0 aliphatic carbocycles. The van der Waals surface area contributed by atoms with Gasteiger partial charge in [-0.15, -0.1) is 16.1 Å². The number of hydrogen-bond donors (Lipinski definition) is 0. The van der Waals surface area contributed by atoms with E-state index in [1.165, 1.54) is 0 Å². The summed E-state index contributed by atoms with van der Waals surface area (Å²) in [7, 11) is -2.04. The maximum Gasteiger partial charge on any atom is 0.749 e. The molecule has 0 aromatic rings. The summed E-state index contributed by atoms with van der Waals surface area (Å²) in [4.78, 5) is 0. The van der Waals surface area contributed by atoms with Crippen LogP contribution in [0.2, 0.25) is 0 Å². The summed E-state index contributed by atoms with van der Waals surface area (Å²) in [6.45, 7) is 3.42. The first-order chi connectivity index (χ1) is 4.31. The van der Waals surface area contributed by atoms with Crippen molar-refractivity contribution in [1.29, 1.82) is 0 Å². The summed E-state index contributed by atoms with van der Waals surface area (Å²) in [6, 6.07) is 0. The number of halogens is 1. The summed E-state index contributed by atoms with van der Waals surface area (Å²) in [6.07, 6.45) is 1.06. The van der Waals surface area contributed by atoms with Crippen LogP contribution in [0.4, 0.5) is 0 Å². The van der Waals surface area contributed by atoms with Crippen LogP contribution in [0.25, 0.3) is 0 Å². The van der Waals surface area contributed by atoms with Crippen LogP contribution in [-0.4, -0.2) is 12.5 Å². The molecule has 0 radical (unpaired) electrons. The molecule has 0 saturated carbocycles. The molecule has 0 fully saturated rings. The van der Waals surface area contributed by atoms with E-state index in [0.717, 1.165) is 6.26 Å². The van der Waals surface area contributed by atoms with E-state index in [2.05, 4.69) is 15.6 Å². The van der Waals surface area contributed by atoms with Crippen molar-refractivity contribution < 1.29 is 13.6 Å². The molecule has 0 aromatic heterocycles. The second kappa shape index (κ2) is 6.02. The first-order valence-electron chi connectivity index (χ1n) is 2.25. The van der Waals surface area contributed by atoms with Crippen molar-refractivity contribution in [2.45, 2.75) is 0 Å². The molecule has 0 bridgehead atoms. The van der Waals surface area contributed by atoms with E-state index >= 15 is 0 Å². The van der Waals surface area contributed by atoms with Crippen LogP contribution < -0.4 is 0 Å². The van der Waals surface area contributed by atoms with Gasteiger partial charge in [0.2, 0.25) is 0 Å². The van der Waals surface area contributed by atoms with Crippen LogP contribution in [0.1, 0.15) is 0 Å². The summed E-state index contributed by atoms with van der Waals surface area (Å²) in [5.41, 5.74) is 0. The highest BCUT2D eigenvalue weighted by Gasteiger charge is 2.16. The Bertz CT molecular complexity index is 106. The van der Waals surface area contributed by atoms with Crippen molar-refractivity contribution in [3.05, 3.63) is 12.8 Å². The second-order valence-corrected chi connectivity index (χ2v) is 2.31. The van der Waals surface area contributed by atoms with Gasteiger partial charge in [0.15, 0.2) is 0 Å². The zero-order valence-corrected chi connectivity index (χ0v) is 6.40. The summed E-state index contributed by atoms with van der Waals surface area (Å²) in [5.74, 6) is 0.307. The maximum atomic E-state index is 10.4. The Kier molecular flexibility index (Phi) is 5.94. The van der Waals surface area contributed by atoms with Crippen LogP contribution in [0.5, 0.6) is 0 Å². The predicted octanol–water partition coefficient (Wildman–Crippen LogP) is 2.06. The van der Waals surface area contributed by atoms with E-state index in [1.54, 1.807) is 0 Å². The van der Waals surface area contributed by atoms with Crippen LogP contribution in [0, 0.1) is 0 Å². The van der Waals surface area contributed by atoms with Gasteiger partial charge in [0.05, 0.1) is 5.88 Å². The minimum Gasteiger partial charge on any atom is -0.238 e. The monoisotopic (exact) mass is 169 g/mol. The smallest absolute Gasteiger partial charge is 0.238 e. The number of rotatable bonds is 5. The van der Waals surface area contributed by atoms with Gasteiger partial charge < -0.3 is 0 Å². The van der Waals surface area contributed by atoms with Gasteiger partial charge in [-0.25, -0.2) is 4.52 Å². The van der Waals surface area contributed by atoms with Gasteiger partial charge >= 0.3 is 8.25 Å². The molecule has 52 valence electrons. The molecule has 0 heterocycles. The Hall–Kier alpha value is -0.110. The Labute approximate surface area is 59.6 Å². The number of hydrogen-bond acceptors (Lipinski definition) is 3. The SMILES string of the molecule is C=CO[P+](=O)OCCCl. The van der Waals surface area contributed by atoms with Gasteiger partial charge in [0, 0.05) is 4.57 Å². The third kappa shape index (κ3) is 5.77. The quantitative estimate of drug-likeness (QED) is 0.359. The number of alkyl halides is 1. The zero-order chi connectivity index (χ0) is 7.11. The highest BCUT2D eigenvalue weighted by atomic mass is 35.5. The molecular formula is C4H7ClO3P+. The molecule has 0 aliphatic heterocycles. The summed E-state index contributed by atoms with van der Waals surface area (Å²) >= 11 is 5.21. The molecule has 0 rings (SSSR count). The van der Waals surface area contributed by atoms with Crippen LogP contribution in [0.3, 0.4) is 0 Å². The van der Waals surface area contributed by atoms with Gasteiger partial charge in [0.25, 0.3) is 0 Å². The summed E-state index contributed by atoms with van der Waals surface area (Å²) in [5, 5.41) is 0. The van der Waals surface area contributed by atoms with E-state index in [4.69, 9.17) is 11.6 Å². The lowest BCUT2D eigenvalue weighted by molar-refractivity contribution is 0.288. The minimum atomic E-state index is -2.04. The Morgan fingerprint density at radius 1 is 1.78 bits per heavy atom. The lowest BCUT2D eigenvalue weighted by atomic mass is 10.9. The Morgan fingerprint density at radius 2 is 2.44 bits per heavy atom. The minimum absolute atomic E-state index is 0.227. The lowest BCUT2D eigenvalue weighted by Gasteiger charge is -1.80. The van der Waals surface area contributed by atoms with Gasteiger partial charge in [-0.2, -0.15) is 0 Å². The normalized spacial score (nSPS) is 10.6. The van der Waals surface area contributed by atoms with Gasteiger partial charge in [-0.1, -0.05) is 6.58 Å². The van der Waals surface area contributed by atoms with Crippen molar-refractivity contribution in [1.82, 2.24) is 0 Å². The standard InChI is InChI=1S/C4H7ClO3P/c1-2-7-9(6)8-4-3-5/h2H,1,3-4H2/q+1. The van der Waals surface area contributed by atoms with Gasteiger partial charge in [0.1, 0.15) is 12.9 Å². The van der Waals surface area contributed by atoms with E-state index < -0.39 is 8.25 Å². The Morgan fingerprint density at radius 3 is 2.89 bits per heavy atom. The third-order valence-corrected chi connectivity index (χ3v) is 1.30. The van der Waals surface area contributed by atoms with Gasteiger partial charge in [-0.05, 0) is 0 Å². The average Bonchev–Trinajstić information content (AvgIpc) is 1.85. The second-order valence-electron chi connectivity index (χ2n) is 1.02. The van der Waals surface area contributed by atoms with Crippen molar-refractivity contribution in [2.24, 2.45) is 0 Å². The van der Waals surface area contributed by atoms with Crippen LogP contribution >= 0.6 is 19.9 Å². The van der Waals surface area contributed by atoms with Crippen molar-refractivity contribution in [3.8, 4) is 0 Å². The molecule has 5 heteroatoms. The summed E-state index contributed by atoms with van der Waals surface area (Å²) < 4.78 is 19.2. The average molecular weight is 170 g/mol. The third-order valence-electron chi connectivity index (χ3n) is 0.434. The predicted molar refractivity (Wildman–Crippen MR) is 35.6 cm³/mol. The van der Waals surface area contributed by atoms with Gasteiger partial charge in [-0.3, -0.25) is 0 Å². The first kappa shape index (κ1) is 8.89. The van der Waals surface area contributed by atoms with Crippen molar-refractivity contribution in [3.63, 3.8) is 0 Å². The molecule has 0 N–H and O–H groups in total. The fourth-order valence-electron chi connectivity index (χ4n) is 0.200. The van der Waals surface area contributed by atoms with E-state index in [1.807, 2.05) is 0 Å². The van der Waals surface area contributed by atoms with E-state index in [-0.39, 0.29) is 6.61 Å². The molecular weight excluding hydrogens is 162 g/mol. The molecule has 0 spiro atoms. The highest BCUT2D eigenvalue weighted by Crippen LogP contribution is 2.22. The lowest BCUT2D eigenvalue weighted by Crippen LogP contribution is -1.85.